The van der Waals surface area contributed by atoms with Crippen LogP contribution in [0.25, 0.3) is 0 Å². The molecule has 0 radical (unpaired) electrons. The van der Waals surface area contributed by atoms with Gasteiger partial charge in [-0.1, -0.05) is 0 Å². The Bertz CT molecular complexity index is 406. The van der Waals surface area contributed by atoms with Gasteiger partial charge in [-0.15, -0.1) is 0 Å². The summed E-state index contributed by atoms with van der Waals surface area (Å²) in [6, 6.07) is 1.05. The third kappa shape index (κ3) is 1.99. The molecular formula is C5H4BrFN2O2S. The topological polar surface area (TPSA) is 73.1 Å². The second kappa shape index (κ2) is 3.08. The summed E-state index contributed by atoms with van der Waals surface area (Å²) in [5.41, 5.74) is 0. The summed E-state index contributed by atoms with van der Waals surface area (Å²) in [5.74, 6) is -1.10. The van der Waals surface area contributed by atoms with E-state index in [9.17, 15) is 12.8 Å². The van der Waals surface area contributed by atoms with Gasteiger partial charge in [0.05, 0.1) is 0 Å². The van der Waals surface area contributed by atoms with Crippen molar-refractivity contribution < 1.29 is 12.8 Å². The average Bonchev–Trinajstić information content (AvgIpc) is 1.92. The molecule has 1 heterocycles. The summed E-state index contributed by atoms with van der Waals surface area (Å²) in [6.07, 6.45) is 1.14. The quantitative estimate of drug-likeness (QED) is 0.748. The molecule has 0 spiro atoms. The molecule has 0 amide bonds. The van der Waals surface area contributed by atoms with Gasteiger partial charge in [0.2, 0.25) is 16.0 Å². The minimum absolute atomic E-state index is 0.355. The largest absolute Gasteiger partial charge is 0.242 e. The number of hydrogen-bond acceptors (Lipinski definition) is 3. The van der Waals surface area contributed by atoms with Crippen LogP contribution in [0.15, 0.2) is 21.6 Å². The predicted molar refractivity (Wildman–Crippen MR) is 43.3 cm³/mol. The monoisotopic (exact) mass is 254 g/mol. The number of nitrogens with two attached hydrogens (primary N) is 1. The Hall–Kier alpha value is -0.530. The van der Waals surface area contributed by atoms with E-state index in [-0.39, 0.29) is 0 Å². The van der Waals surface area contributed by atoms with E-state index in [1.807, 2.05) is 0 Å². The molecule has 1 rings (SSSR count). The number of hydrogen-bond donors (Lipinski definition) is 1. The van der Waals surface area contributed by atoms with E-state index in [0.717, 1.165) is 12.3 Å². The lowest BCUT2D eigenvalue weighted by Gasteiger charge is -1.98. The van der Waals surface area contributed by atoms with Gasteiger partial charge in [-0.25, -0.2) is 18.5 Å². The normalized spacial score (nSPS) is 11.6. The number of sulfonamides is 1. The Balaban J connectivity index is 3.43. The fraction of sp³-hybridized carbons (Fsp3) is 0. The average molecular weight is 255 g/mol. The molecule has 1 aromatic rings. The minimum Gasteiger partial charge on any atom is -0.226 e. The van der Waals surface area contributed by atoms with E-state index in [2.05, 4.69) is 20.9 Å². The zero-order valence-electron chi connectivity index (χ0n) is 5.66. The maximum absolute atomic E-state index is 12.7. The van der Waals surface area contributed by atoms with Crippen LogP contribution in [0.3, 0.4) is 0 Å². The first-order valence-corrected chi connectivity index (χ1v) is 5.09. The lowest BCUT2D eigenvalue weighted by atomic mass is 10.5. The first kappa shape index (κ1) is 9.56. The fourth-order valence-electron chi connectivity index (χ4n) is 0.604. The van der Waals surface area contributed by atoms with Crippen molar-refractivity contribution in [1.82, 2.24) is 4.98 Å². The molecule has 0 aliphatic carbocycles. The molecule has 66 valence electrons. The number of rotatable bonds is 1. The van der Waals surface area contributed by atoms with Crippen molar-refractivity contribution in [1.29, 1.82) is 0 Å². The Morgan fingerprint density at radius 2 is 2.17 bits per heavy atom. The van der Waals surface area contributed by atoms with Crippen molar-refractivity contribution in [3.05, 3.63) is 22.7 Å². The SMILES string of the molecule is NS(=O)(=O)c1cc(Br)cnc1F. The maximum Gasteiger partial charge on any atom is 0.242 e. The summed E-state index contributed by atoms with van der Waals surface area (Å²) in [5, 5.41) is 4.70. The van der Waals surface area contributed by atoms with Gasteiger partial charge < -0.3 is 0 Å². The summed E-state index contributed by atoms with van der Waals surface area (Å²) < 4.78 is 34.4. The second-order valence-electron chi connectivity index (χ2n) is 1.99. The molecule has 1 aromatic heterocycles. The van der Waals surface area contributed by atoms with Crippen LogP contribution < -0.4 is 5.14 Å². The van der Waals surface area contributed by atoms with E-state index >= 15 is 0 Å². The standard InChI is InChI=1S/C5H4BrFN2O2S/c6-3-1-4(12(8,10)11)5(7)9-2-3/h1-2H,(H2,8,10,11). The van der Waals surface area contributed by atoms with Crippen LogP contribution in [-0.2, 0) is 10.0 Å². The zero-order valence-corrected chi connectivity index (χ0v) is 8.06. The number of pyridine rings is 1. The molecule has 0 fully saturated rings. The third-order valence-electron chi connectivity index (χ3n) is 1.08. The molecule has 0 aliphatic rings. The highest BCUT2D eigenvalue weighted by molar-refractivity contribution is 9.10. The summed E-state index contributed by atoms with van der Waals surface area (Å²) in [4.78, 5) is 2.56. The molecule has 0 unspecified atom stereocenters. The molecule has 0 aromatic carbocycles. The minimum atomic E-state index is -4.02. The van der Waals surface area contributed by atoms with Crippen molar-refractivity contribution in [3.8, 4) is 0 Å². The van der Waals surface area contributed by atoms with Gasteiger partial charge in [0, 0.05) is 10.7 Å². The Labute approximate surface area is 76.8 Å². The summed E-state index contributed by atoms with van der Waals surface area (Å²) in [6.45, 7) is 0. The molecular weight excluding hydrogens is 251 g/mol. The Morgan fingerprint density at radius 3 is 2.58 bits per heavy atom. The molecule has 12 heavy (non-hydrogen) atoms. The Kier molecular flexibility index (Phi) is 2.45. The highest BCUT2D eigenvalue weighted by Crippen LogP contribution is 2.15. The van der Waals surface area contributed by atoms with Crippen LogP contribution in [0.1, 0.15) is 0 Å². The highest BCUT2D eigenvalue weighted by atomic mass is 79.9. The second-order valence-corrected chi connectivity index (χ2v) is 4.43. The smallest absolute Gasteiger partial charge is 0.226 e. The molecule has 0 saturated heterocycles. The highest BCUT2D eigenvalue weighted by Gasteiger charge is 2.15. The van der Waals surface area contributed by atoms with Crippen LogP contribution in [0.2, 0.25) is 0 Å². The van der Waals surface area contributed by atoms with Crippen molar-refractivity contribution in [2.24, 2.45) is 5.14 Å². The van der Waals surface area contributed by atoms with Crippen LogP contribution in [0.5, 0.6) is 0 Å². The van der Waals surface area contributed by atoms with Crippen molar-refractivity contribution in [2.75, 3.05) is 0 Å². The lowest BCUT2D eigenvalue weighted by Crippen LogP contribution is -2.14. The van der Waals surface area contributed by atoms with E-state index in [0.29, 0.717) is 4.47 Å². The van der Waals surface area contributed by atoms with Crippen LogP contribution in [0.4, 0.5) is 4.39 Å². The molecule has 0 aliphatic heterocycles. The molecule has 2 N–H and O–H groups in total. The van der Waals surface area contributed by atoms with Crippen LogP contribution in [-0.4, -0.2) is 13.4 Å². The lowest BCUT2D eigenvalue weighted by molar-refractivity contribution is 0.538. The first-order valence-electron chi connectivity index (χ1n) is 2.75. The first-order chi connectivity index (χ1) is 5.41. The third-order valence-corrected chi connectivity index (χ3v) is 2.41. The molecule has 0 atom stereocenters. The summed E-state index contributed by atoms with van der Waals surface area (Å²) in [7, 11) is -4.02. The van der Waals surface area contributed by atoms with Crippen molar-refractivity contribution in [3.63, 3.8) is 0 Å². The van der Waals surface area contributed by atoms with E-state index in [1.54, 1.807) is 0 Å². The van der Waals surface area contributed by atoms with Gasteiger partial charge >= 0.3 is 0 Å². The fourth-order valence-corrected chi connectivity index (χ4v) is 1.67. The van der Waals surface area contributed by atoms with Gasteiger partial charge in [-0.05, 0) is 22.0 Å². The van der Waals surface area contributed by atoms with Gasteiger partial charge in [0.15, 0.2) is 0 Å². The van der Waals surface area contributed by atoms with E-state index in [4.69, 9.17) is 5.14 Å². The van der Waals surface area contributed by atoms with Crippen molar-refractivity contribution in [2.45, 2.75) is 4.90 Å². The van der Waals surface area contributed by atoms with Crippen LogP contribution >= 0.6 is 15.9 Å². The zero-order chi connectivity index (χ0) is 9.35. The molecule has 0 saturated carbocycles. The number of halogens is 2. The maximum atomic E-state index is 12.7. The van der Waals surface area contributed by atoms with Gasteiger partial charge in [-0.2, -0.15) is 4.39 Å². The number of primary sulfonamides is 1. The summed E-state index contributed by atoms with van der Waals surface area (Å²) >= 11 is 2.94. The molecule has 7 heteroatoms. The molecule has 4 nitrogen and oxygen atoms in total. The van der Waals surface area contributed by atoms with Gasteiger partial charge in [0.25, 0.3) is 0 Å². The number of aromatic nitrogens is 1. The van der Waals surface area contributed by atoms with Crippen molar-refractivity contribution >= 4 is 26.0 Å². The molecule has 0 bridgehead atoms. The van der Waals surface area contributed by atoms with E-state index in [1.165, 1.54) is 0 Å². The van der Waals surface area contributed by atoms with Crippen LogP contribution in [0, 0.1) is 5.95 Å². The van der Waals surface area contributed by atoms with Gasteiger partial charge in [0.1, 0.15) is 4.90 Å². The van der Waals surface area contributed by atoms with Gasteiger partial charge in [-0.3, -0.25) is 0 Å². The predicted octanol–water partition coefficient (Wildman–Crippen LogP) is 0.631. The van der Waals surface area contributed by atoms with E-state index < -0.39 is 20.9 Å². The number of nitrogens with zero attached hydrogens (tertiary/aromatic N) is 1. The Morgan fingerprint density at radius 1 is 1.58 bits per heavy atom.